The summed E-state index contributed by atoms with van der Waals surface area (Å²) in [7, 11) is 1.65. The molecule has 84 valence electrons. The summed E-state index contributed by atoms with van der Waals surface area (Å²) in [5, 5.41) is 5.38. The van der Waals surface area contributed by atoms with Crippen molar-refractivity contribution in [3.8, 4) is 17.0 Å². The Labute approximate surface area is 93.3 Å². The molecule has 4 nitrogen and oxygen atoms in total. The van der Waals surface area contributed by atoms with Gasteiger partial charge in [-0.2, -0.15) is 0 Å². The first-order chi connectivity index (χ1) is 7.61. The molecule has 0 radical (unpaired) electrons. The summed E-state index contributed by atoms with van der Waals surface area (Å²) in [5.74, 6) is 0.860. The third-order valence-electron chi connectivity index (χ3n) is 2.63. The average Bonchev–Trinajstić information content (AvgIpc) is 2.67. The van der Waals surface area contributed by atoms with Crippen LogP contribution in [0.4, 0.5) is 0 Å². The second kappa shape index (κ2) is 3.89. The molecule has 0 saturated heterocycles. The molecule has 2 aromatic rings. The lowest BCUT2D eigenvalue weighted by atomic mass is 10.0. The first kappa shape index (κ1) is 10.5. The molecule has 0 amide bonds. The minimum Gasteiger partial charge on any atom is -0.496 e. The normalized spacial score (nSPS) is 10.4. The van der Waals surface area contributed by atoms with Gasteiger partial charge >= 0.3 is 0 Å². The van der Waals surface area contributed by atoms with Gasteiger partial charge in [-0.1, -0.05) is 0 Å². The highest BCUT2D eigenvalue weighted by atomic mass is 16.5. The van der Waals surface area contributed by atoms with Crippen molar-refractivity contribution in [2.75, 3.05) is 7.11 Å². The Bertz CT molecular complexity index is 567. The summed E-state index contributed by atoms with van der Waals surface area (Å²) in [5.41, 5.74) is 3.80. The van der Waals surface area contributed by atoms with Gasteiger partial charge in [0.1, 0.15) is 5.75 Å². The minimum atomic E-state index is -0.122. The van der Waals surface area contributed by atoms with Crippen molar-refractivity contribution in [2.45, 2.75) is 13.8 Å². The number of aromatic amines is 2. The lowest BCUT2D eigenvalue weighted by molar-refractivity contribution is 0.411. The molecule has 2 N–H and O–H groups in total. The number of rotatable bonds is 2. The molecule has 1 aromatic carbocycles. The van der Waals surface area contributed by atoms with Crippen LogP contribution < -0.4 is 10.3 Å². The van der Waals surface area contributed by atoms with Crippen LogP contribution >= 0.6 is 0 Å². The van der Waals surface area contributed by atoms with Crippen molar-refractivity contribution in [3.63, 3.8) is 0 Å². The number of aromatic nitrogens is 2. The number of aryl methyl sites for hydroxylation is 2. The summed E-state index contributed by atoms with van der Waals surface area (Å²) in [6.07, 6.45) is 0. The van der Waals surface area contributed by atoms with E-state index in [2.05, 4.69) is 10.2 Å². The summed E-state index contributed by atoms with van der Waals surface area (Å²) >= 11 is 0. The monoisotopic (exact) mass is 218 g/mol. The van der Waals surface area contributed by atoms with Gasteiger partial charge in [0.2, 0.25) is 0 Å². The summed E-state index contributed by atoms with van der Waals surface area (Å²) in [6.45, 7) is 3.97. The van der Waals surface area contributed by atoms with E-state index in [1.807, 2.05) is 26.0 Å². The highest BCUT2D eigenvalue weighted by molar-refractivity contribution is 5.66. The lowest BCUT2D eigenvalue weighted by Crippen LogP contribution is -1.93. The highest BCUT2D eigenvalue weighted by Crippen LogP contribution is 2.28. The Morgan fingerprint density at radius 3 is 2.38 bits per heavy atom. The number of ether oxygens (including phenoxy) is 1. The molecule has 0 saturated carbocycles. The van der Waals surface area contributed by atoms with Crippen molar-refractivity contribution in [1.82, 2.24) is 10.2 Å². The van der Waals surface area contributed by atoms with Crippen LogP contribution in [-0.2, 0) is 0 Å². The summed E-state index contributed by atoms with van der Waals surface area (Å²) in [6, 6.07) is 5.53. The molecule has 0 spiro atoms. The molecule has 4 heteroatoms. The lowest BCUT2D eigenvalue weighted by Gasteiger charge is -2.09. The third-order valence-corrected chi connectivity index (χ3v) is 2.63. The van der Waals surface area contributed by atoms with E-state index in [0.717, 1.165) is 28.1 Å². The van der Waals surface area contributed by atoms with Crippen LogP contribution in [0.5, 0.6) is 5.75 Å². The number of benzene rings is 1. The molecular formula is C12H14N2O2. The smallest absolute Gasteiger partial charge is 0.264 e. The van der Waals surface area contributed by atoms with Crippen molar-refractivity contribution >= 4 is 0 Å². The first-order valence-electron chi connectivity index (χ1n) is 5.05. The van der Waals surface area contributed by atoms with Gasteiger partial charge in [-0.15, -0.1) is 0 Å². The fraction of sp³-hybridized carbons (Fsp3) is 0.250. The van der Waals surface area contributed by atoms with E-state index in [4.69, 9.17) is 4.74 Å². The standard InChI is InChI=1S/C12H14N2O2/c1-7-5-11(16-3)8(2)4-9(7)10-6-12(15)14-13-10/h4-6H,1-3H3,(H2,13,14,15). The minimum absolute atomic E-state index is 0.122. The number of H-pyrrole nitrogens is 2. The van der Waals surface area contributed by atoms with Crippen LogP contribution in [0.3, 0.4) is 0 Å². The van der Waals surface area contributed by atoms with Gasteiger partial charge in [0.05, 0.1) is 12.8 Å². The zero-order valence-corrected chi connectivity index (χ0v) is 9.55. The van der Waals surface area contributed by atoms with Crippen LogP contribution in [0, 0.1) is 13.8 Å². The Kier molecular flexibility index (Phi) is 2.56. The van der Waals surface area contributed by atoms with Crippen LogP contribution in [0.2, 0.25) is 0 Å². The van der Waals surface area contributed by atoms with E-state index in [1.165, 1.54) is 0 Å². The maximum Gasteiger partial charge on any atom is 0.264 e. The molecular weight excluding hydrogens is 204 g/mol. The SMILES string of the molecule is COc1cc(C)c(-c2cc(=O)[nH][nH]2)cc1C. The van der Waals surface area contributed by atoms with E-state index in [0.29, 0.717) is 0 Å². The average molecular weight is 218 g/mol. The molecule has 0 unspecified atom stereocenters. The topological polar surface area (TPSA) is 57.9 Å². The molecule has 2 rings (SSSR count). The van der Waals surface area contributed by atoms with E-state index >= 15 is 0 Å². The van der Waals surface area contributed by atoms with Crippen molar-refractivity contribution in [3.05, 3.63) is 39.7 Å². The molecule has 0 atom stereocenters. The van der Waals surface area contributed by atoms with Crippen LogP contribution in [0.15, 0.2) is 23.0 Å². The fourth-order valence-electron chi connectivity index (χ4n) is 1.78. The third kappa shape index (κ3) is 1.74. The van der Waals surface area contributed by atoms with Gasteiger partial charge in [0, 0.05) is 11.6 Å². The number of hydrogen-bond acceptors (Lipinski definition) is 2. The van der Waals surface area contributed by atoms with E-state index in [1.54, 1.807) is 13.2 Å². The van der Waals surface area contributed by atoms with Gasteiger partial charge in [0.25, 0.3) is 5.56 Å². The van der Waals surface area contributed by atoms with E-state index in [-0.39, 0.29) is 5.56 Å². The second-order valence-corrected chi connectivity index (χ2v) is 3.81. The second-order valence-electron chi connectivity index (χ2n) is 3.81. The number of hydrogen-bond donors (Lipinski definition) is 2. The quantitative estimate of drug-likeness (QED) is 0.809. The number of methoxy groups -OCH3 is 1. The van der Waals surface area contributed by atoms with Gasteiger partial charge in [0.15, 0.2) is 0 Å². The van der Waals surface area contributed by atoms with Crippen LogP contribution in [0.25, 0.3) is 11.3 Å². The van der Waals surface area contributed by atoms with Crippen LogP contribution in [-0.4, -0.2) is 17.3 Å². The largest absolute Gasteiger partial charge is 0.496 e. The maximum absolute atomic E-state index is 11.1. The van der Waals surface area contributed by atoms with E-state index in [9.17, 15) is 4.79 Å². The predicted octanol–water partition coefficient (Wildman–Crippen LogP) is 2.00. The van der Waals surface area contributed by atoms with Crippen molar-refractivity contribution < 1.29 is 4.74 Å². The van der Waals surface area contributed by atoms with Gasteiger partial charge in [-0.05, 0) is 37.1 Å². The zero-order chi connectivity index (χ0) is 11.7. The Hall–Kier alpha value is -1.97. The van der Waals surface area contributed by atoms with Gasteiger partial charge in [-0.25, -0.2) is 0 Å². The van der Waals surface area contributed by atoms with E-state index < -0.39 is 0 Å². The zero-order valence-electron chi connectivity index (χ0n) is 9.55. The number of nitrogens with one attached hydrogen (secondary N) is 2. The van der Waals surface area contributed by atoms with Gasteiger partial charge < -0.3 is 4.74 Å². The maximum atomic E-state index is 11.1. The van der Waals surface area contributed by atoms with Crippen molar-refractivity contribution in [2.24, 2.45) is 0 Å². The molecule has 0 bridgehead atoms. The molecule has 0 aliphatic rings. The first-order valence-corrected chi connectivity index (χ1v) is 5.05. The summed E-state index contributed by atoms with van der Waals surface area (Å²) < 4.78 is 5.24. The van der Waals surface area contributed by atoms with Crippen LogP contribution in [0.1, 0.15) is 11.1 Å². The Morgan fingerprint density at radius 1 is 1.06 bits per heavy atom. The molecule has 1 aromatic heterocycles. The van der Waals surface area contributed by atoms with Gasteiger partial charge in [-0.3, -0.25) is 15.0 Å². The molecule has 0 aliphatic carbocycles. The molecule has 16 heavy (non-hydrogen) atoms. The predicted molar refractivity (Wildman–Crippen MR) is 62.9 cm³/mol. The molecule has 0 fully saturated rings. The fourth-order valence-corrected chi connectivity index (χ4v) is 1.78. The molecule has 0 aliphatic heterocycles. The Balaban J connectivity index is 2.58. The summed E-state index contributed by atoms with van der Waals surface area (Å²) in [4.78, 5) is 11.1. The van der Waals surface area contributed by atoms with Crippen molar-refractivity contribution in [1.29, 1.82) is 0 Å². The highest BCUT2D eigenvalue weighted by Gasteiger charge is 2.08. The Morgan fingerprint density at radius 2 is 1.81 bits per heavy atom. The molecule has 1 heterocycles.